The van der Waals surface area contributed by atoms with Gasteiger partial charge in [0.2, 0.25) is 5.88 Å². The minimum Gasteiger partial charge on any atom is -0.475 e. The van der Waals surface area contributed by atoms with Crippen molar-refractivity contribution in [2.24, 2.45) is 0 Å². The summed E-state index contributed by atoms with van der Waals surface area (Å²) in [6, 6.07) is 15.2. The minimum absolute atomic E-state index is 0.0559. The largest absolute Gasteiger partial charge is 0.475 e. The predicted molar refractivity (Wildman–Crippen MR) is 126 cm³/mol. The number of carbonyl (C=O) groups is 1. The van der Waals surface area contributed by atoms with Crippen LogP contribution in [-0.4, -0.2) is 38.4 Å². The number of rotatable bonds is 5. The summed E-state index contributed by atoms with van der Waals surface area (Å²) in [4.78, 5) is 36.2. The Balaban J connectivity index is 1.61. The lowest BCUT2D eigenvalue weighted by Crippen LogP contribution is -2.32. The van der Waals surface area contributed by atoms with E-state index in [-0.39, 0.29) is 41.9 Å². The van der Waals surface area contributed by atoms with Crippen LogP contribution in [0.4, 0.5) is 11.5 Å². The van der Waals surface area contributed by atoms with E-state index in [2.05, 4.69) is 16.5 Å². The first-order valence-corrected chi connectivity index (χ1v) is 10.5. The molecule has 0 saturated heterocycles. The highest BCUT2D eigenvalue weighted by Crippen LogP contribution is 2.29. The fourth-order valence-corrected chi connectivity index (χ4v) is 4.11. The van der Waals surface area contributed by atoms with Gasteiger partial charge in [0.05, 0.1) is 30.5 Å². The maximum absolute atomic E-state index is 13.4. The molecule has 3 heterocycles. The number of carbonyl (C=O) groups excluding carboxylic acids is 1. The van der Waals surface area contributed by atoms with Crippen molar-refractivity contribution in [3.63, 3.8) is 0 Å². The number of anilines is 2. The topological polar surface area (TPSA) is 108 Å². The third-order valence-corrected chi connectivity index (χ3v) is 5.66. The van der Waals surface area contributed by atoms with Crippen molar-refractivity contribution in [1.82, 2.24) is 19.3 Å². The van der Waals surface area contributed by atoms with E-state index in [1.165, 1.54) is 11.2 Å². The van der Waals surface area contributed by atoms with E-state index in [4.69, 9.17) is 10.5 Å². The Labute approximate surface area is 189 Å². The molecule has 1 aliphatic rings. The molecular formula is C24H22N6O3. The van der Waals surface area contributed by atoms with Crippen LogP contribution < -0.4 is 20.9 Å². The second-order valence-electron chi connectivity index (χ2n) is 7.66. The van der Waals surface area contributed by atoms with Crippen molar-refractivity contribution in [3.8, 4) is 5.88 Å². The maximum atomic E-state index is 13.4. The third-order valence-electron chi connectivity index (χ3n) is 5.66. The van der Waals surface area contributed by atoms with Gasteiger partial charge in [-0.05, 0) is 23.8 Å². The molecule has 2 aromatic carbocycles. The molecule has 5 rings (SSSR count). The summed E-state index contributed by atoms with van der Waals surface area (Å²) in [5, 5.41) is 0.515. The first-order chi connectivity index (χ1) is 16.1. The molecule has 0 saturated carbocycles. The normalized spacial score (nSPS) is 13.5. The molecule has 33 heavy (non-hydrogen) atoms. The monoisotopic (exact) mass is 442 g/mol. The number of aromatic nitrogens is 4. The zero-order valence-corrected chi connectivity index (χ0v) is 17.8. The first-order valence-electron chi connectivity index (χ1n) is 10.5. The lowest BCUT2D eigenvalue weighted by Gasteiger charge is -2.20. The highest BCUT2D eigenvalue weighted by molar-refractivity contribution is 6.11. The molecule has 1 aliphatic heterocycles. The van der Waals surface area contributed by atoms with Crippen LogP contribution in [0.3, 0.4) is 0 Å². The molecule has 1 amide bonds. The number of nitrogens with zero attached hydrogens (tertiary/aromatic N) is 5. The van der Waals surface area contributed by atoms with Crippen LogP contribution in [0.25, 0.3) is 10.9 Å². The van der Waals surface area contributed by atoms with Gasteiger partial charge in [-0.25, -0.2) is 14.6 Å². The zero-order valence-electron chi connectivity index (χ0n) is 17.8. The van der Waals surface area contributed by atoms with Gasteiger partial charge in [0.15, 0.2) is 0 Å². The summed E-state index contributed by atoms with van der Waals surface area (Å²) in [7, 11) is 0. The summed E-state index contributed by atoms with van der Waals surface area (Å²) in [6.07, 6.45) is 3.02. The number of benzene rings is 2. The lowest BCUT2D eigenvalue weighted by molar-refractivity contribution is 0.0990. The molecular weight excluding hydrogens is 420 g/mol. The summed E-state index contributed by atoms with van der Waals surface area (Å²) < 4.78 is 9.20. The second-order valence-corrected chi connectivity index (χ2v) is 7.66. The number of nitrogen functional groups attached to an aromatic ring is 1. The van der Waals surface area contributed by atoms with Gasteiger partial charge >= 0.3 is 0 Å². The Bertz CT molecular complexity index is 1420. The van der Waals surface area contributed by atoms with Crippen molar-refractivity contribution in [1.29, 1.82) is 0 Å². The molecule has 0 radical (unpaired) electrons. The van der Waals surface area contributed by atoms with Crippen LogP contribution in [0.2, 0.25) is 0 Å². The van der Waals surface area contributed by atoms with Gasteiger partial charge in [-0.15, -0.1) is 6.58 Å². The molecule has 0 unspecified atom stereocenters. The molecule has 0 bridgehead atoms. The third kappa shape index (κ3) is 3.53. The number of amides is 1. The first kappa shape index (κ1) is 20.5. The fourth-order valence-electron chi connectivity index (χ4n) is 4.11. The van der Waals surface area contributed by atoms with Gasteiger partial charge < -0.3 is 15.4 Å². The van der Waals surface area contributed by atoms with Crippen molar-refractivity contribution < 1.29 is 9.53 Å². The summed E-state index contributed by atoms with van der Waals surface area (Å²) in [5.41, 5.74) is 8.28. The summed E-state index contributed by atoms with van der Waals surface area (Å²) in [6.45, 7) is 5.26. The quantitative estimate of drug-likeness (QED) is 0.476. The van der Waals surface area contributed by atoms with Gasteiger partial charge in [-0.3, -0.25) is 14.3 Å². The second kappa shape index (κ2) is 8.27. The van der Waals surface area contributed by atoms with Gasteiger partial charge in [0.1, 0.15) is 24.3 Å². The number of nitrogens with two attached hydrogens (primary N) is 1. The molecule has 0 spiro atoms. The lowest BCUT2D eigenvalue weighted by atomic mass is 10.2. The molecule has 0 fully saturated rings. The van der Waals surface area contributed by atoms with Crippen LogP contribution in [0, 0.1) is 0 Å². The summed E-state index contributed by atoms with van der Waals surface area (Å²) >= 11 is 0. The Morgan fingerprint density at radius 3 is 2.70 bits per heavy atom. The summed E-state index contributed by atoms with van der Waals surface area (Å²) in [5.74, 6) is -0.145. The molecule has 4 aromatic rings. The highest BCUT2D eigenvalue weighted by atomic mass is 16.5. The van der Waals surface area contributed by atoms with Crippen LogP contribution in [0.15, 0.2) is 72.3 Å². The molecule has 0 aliphatic carbocycles. The van der Waals surface area contributed by atoms with E-state index >= 15 is 0 Å². The maximum Gasteiger partial charge on any atom is 0.274 e. The molecule has 2 N–H and O–H groups in total. The molecule has 9 heteroatoms. The van der Waals surface area contributed by atoms with Gasteiger partial charge in [-0.1, -0.05) is 36.4 Å². The van der Waals surface area contributed by atoms with Crippen LogP contribution in [-0.2, 0) is 13.1 Å². The predicted octanol–water partition coefficient (Wildman–Crippen LogP) is 2.45. The highest BCUT2D eigenvalue weighted by Gasteiger charge is 2.29. The minimum atomic E-state index is -0.366. The standard InChI is InChI=1S/C24H22N6O3/c1-2-10-29-19-9-8-17(13-18(19)23(31)30(29)14-16-6-4-3-5-7-16)28-11-12-33-22-20(24(28)32)21(25)26-15-27-22/h2-9,13,15H,1,10-12,14H2,(H2,25,26,27). The van der Waals surface area contributed by atoms with Crippen molar-refractivity contribution >= 4 is 28.3 Å². The average molecular weight is 442 g/mol. The number of ether oxygens (including phenoxy) is 1. The molecule has 0 atom stereocenters. The van der Waals surface area contributed by atoms with Crippen LogP contribution in [0.5, 0.6) is 5.88 Å². The van der Waals surface area contributed by atoms with Crippen molar-refractivity contribution in [3.05, 3.63) is 89.0 Å². The van der Waals surface area contributed by atoms with E-state index in [1.807, 2.05) is 47.1 Å². The van der Waals surface area contributed by atoms with E-state index in [1.54, 1.807) is 16.8 Å². The Kier molecular flexibility index (Phi) is 5.14. The Morgan fingerprint density at radius 2 is 1.91 bits per heavy atom. The Morgan fingerprint density at radius 1 is 1.09 bits per heavy atom. The van der Waals surface area contributed by atoms with Crippen LogP contribution in [0.1, 0.15) is 15.9 Å². The van der Waals surface area contributed by atoms with Gasteiger partial charge in [0.25, 0.3) is 11.5 Å². The fraction of sp³-hybridized carbons (Fsp3) is 0.167. The van der Waals surface area contributed by atoms with Crippen LogP contribution >= 0.6 is 0 Å². The number of allylic oxidation sites excluding steroid dienone is 1. The van der Waals surface area contributed by atoms with Gasteiger partial charge in [-0.2, -0.15) is 0 Å². The van der Waals surface area contributed by atoms with Crippen molar-refractivity contribution in [2.45, 2.75) is 13.1 Å². The number of fused-ring (bicyclic) bond motifs is 2. The van der Waals surface area contributed by atoms with Gasteiger partial charge in [0, 0.05) is 5.69 Å². The average Bonchev–Trinajstić information content (AvgIpc) is 2.96. The van der Waals surface area contributed by atoms with E-state index in [9.17, 15) is 9.59 Å². The zero-order chi connectivity index (χ0) is 22.9. The molecule has 166 valence electrons. The number of hydrogen-bond acceptors (Lipinski definition) is 6. The van der Waals surface area contributed by atoms with Crippen molar-refractivity contribution in [2.75, 3.05) is 23.8 Å². The SMILES string of the molecule is C=CCn1c2ccc(N3CCOc4ncnc(N)c4C3=O)cc2c(=O)n1Cc1ccccc1. The van der Waals surface area contributed by atoms with E-state index < -0.39 is 0 Å². The van der Waals surface area contributed by atoms with E-state index in [0.29, 0.717) is 24.2 Å². The molecule has 2 aromatic heterocycles. The molecule has 9 nitrogen and oxygen atoms in total. The Hall–Kier alpha value is -4.40. The smallest absolute Gasteiger partial charge is 0.274 e. The number of hydrogen-bond donors (Lipinski definition) is 1. The van der Waals surface area contributed by atoms with E-state index in [0.717, 1.165) is 11.1 Å².